The van der Waals surface area contributed by atoms with Gasteiger partial charge in [0.15, 0.2) is 11.6 Å². The van der Waals surface area contributed by atoms with Crippen LogP contribution in [0.4, 0.5) is 14.6 Å². The van der Waals surface area contributed by atoms with Crippen LogP contribution < -0.4 is 9.62 Å². The highest BCUT2D eigenvalue weighted by molar-refractivity contribution is 7.89. The van der Waals surface area contributed by atoms with E-state index in [-0.39, 0.29) is 4.90 Å². The van der Waals surface area contributed by atoms with Gasteiger partial charge in [-0.25, -0.2) is 26.9 Å². The molecule has 0 amide bonds. The molecule has 1 aromatic heterocycles. The van der Waals surface area contributed by atoms with Crippen LogP contribution in [0.25, 0.3) is 0 Å². The van der Waals surface area contributed by atoms with E-state index in [4.69, 9.17) is 0 Å². The predicted octanol–water partition coefficient (Wildman–Crippen LogP) is 2.73. The van der Waals surface area contributed by atoms with Crippen molar-refractivity contribution in [3.8, 4) is 0 Å². The zero-order chi connectivity index (χ0) is 18.7. The second kappa shape index (κ2) is 7.67. The lowest BCUT2D eigenvalue weighted by atomic mass is 9.90. The Morgan fingerprint density at radius 1 is 1.15 bits per heavy atom. The summed E-state index contributed by atoms with van der Waals surface area (Å²) in [6.07, 6.45) is 3.90. The van der Waals surface area contributed by atoms with Gasteiger partial charge in [-0.1, -0.05) is 6.07 Å². The van der Waals surface area contributed by atoms with Gasteiger partial charge in [0, 0.05) is 19.3 Å². The monoisotopic (exact) mass is 381 g/mol. The first kappa shape index (κ1) is 18.7. The van der Waals surface area contributed by atoms with Gasteiger partial charge in [-0.2, -0.15) is 0 Å². The molecule has 0 bridgehead atoms. The number of halogens is 2. The molecule has 1 aliphatic heterocycles. The Hall–Kier alpha value is -2.06. The maximum atomic E-state index is 13.3. The summed E-state index contributed by atoms with van der Waals surface area (Å²) in [5, 5.41) is 0. The zero-order valence-corrected chi connectivity index (χ0v) is 15.3. The number of sulfonamides is 1. The first-order valence-corrected chi connectivity index (χ1v) is 9.96. The Morgan fingerprint density at radius 2 is 1.88 bits per heavy atom. The molecule has 5 nitrogen and oxygen atoms in total. The van der Waals surface area contributed by atoms with E-state index in [9.17, 15) is 17.2 Å². The van der Waals surface area contributed by atoms with E-state index in [0.717, 1.165) is 43.7 Å². The van der Waals surface area contributed by atoms with Gasteiger partial charge in [-0.05, 0) is 62.1 Å². The quantitative estimate of drug-likeness (QED) is 0.865. The summed E-state index contributed by atoms with van der Waals surface area (Å²) in [7, 11) is -2.12. The van der Waals surface area contributed by atoms with E-state index >= 15 is 0 Å². The Kier molecular flexibility index (Phi) is 5.52. The van der Waals surface area contributed by atoms with Gasteiger partial charge in [0.2, 0.25) is 10.0 Å². The number of nitrogens with zero attached hydrogens (tertiary/aromatic N) is 2. The van der Waals surface area contributed by atoms with Crippen LogP contribution in [0, 0.1) is 17.6 Å². The van der Waals surface area contributed by atoms with E-state index in [1.165, 1.54) is 25.4 Å². The van der Waals surface area contributed by atoms with Crippen molar-refractivity contribution in [2.24, 2.45) is 5.92 Å². The van der Waals surface area contributed by atoms with Crippen LogP contribution >= 0.6 is 0 Å². The molecule has 140 valence electrons. The molecule has 26 heavy (non-hydrogen) atoms. The summed E-state index contributed by atoms with van der Waals surface area (Å²) < 4.78 is 52.1. The standard InChI is InChI=1S/C18H21F2N3O2S/c1-21-26(24,25)15-3-5-18(22-12-15)23-8-6-13(7-9-23)10-14-2-4-16(19)17(20)11-14/h2-5,11-13,21H,6-10H2,1H3. The highest BCUT2D eigenvalue weighted by Crippen LogP contribution is 2.25. The normalized spacial score (nSPS) is 16.0. The van der Waals surface area contributed by atoms with Gasteiger partial charge in [-0.15, -0.1) is 0 Å². The minimum atomic E-state index is -3.48. The third-order valence-corrected chi connectivity index (χ3v) is 6.15. The smallest absolute Gasteiger partial charge is 0.241 e. The Morgan fingerprint density at radius 3 is 2.46 bits per heavy atom. The SMILES string of the molecule is CNS(=O)(=O)c1ccc(N2CCC(Cc3ccc(F)c(F)c3)CC2)nc1. The van der Waals surface area contributed by atoms with Gasteiger partial charge in [0.1, 0.15) is 10.7 Å². The van der Waals surface area contributed by atoms with E-state index in [0.29, 0.717) is 5.92 Å². The number of anilines is 1. The number of aromatic nitrogens is 1. The largest absolute Gasteiger partial charge is 0.357 e. The van der Waals surface area contributed by atoms with Crippen molar-refractivity contribution >= 4 is 15.8 Å². The van der Waals surface area contributed by atoms with E-state index in [1.54, 1.807) is 18.2 Å². The molecule has 0 atom stereocenters. The maximum Gasteiger partial charge on any atom is 0.241 e. The molecule has 1 aromatic carbocycles. The van der Waals surface area contributed by atoms with Crippen molar-refractivity contribution in [1.82, 2.24) is 9.71 Å². The van der Waals surface area contributed by atoms with E-state index in [1.807, 2.05) is 0 Å². The molecule has 8 heteroatoms. The van der Waals surface area contributed by atoms with Crippen LogP contribution in [0.5, 0.6) is 0 Å². The molecule has 3 rings (SSSR count). The summed E-state index contributed by atoms with van der Waals surface area (Å²) in [4.78, 5) is 6.51. The lowest BCUT2D eigenvalue weighted by molar-refractivity contribution is 0.401. The van der Waals surface area contributed by atoms with Gasteiger partial charge >= 0.3 is 0 Å². The average Bonchev–Trinajstić information content (AvgIpc) is 2.65. The average molecular weight is 381 g/mol. The molecule has 0 spiro atoms. The maximum absolute atomic E-state index is 13.3. The minimum absolute atomic E-state index is 0.136. The molecule has 1 aliphatic rings. The van der Waals surface area contributed by atoms with E-state index in [2.05, 4.69) is 14.6 Å². The Balaban J connectivity index is 1.59. The molecule has 0 aliphatic carbocycles. The van der Waals surface area contributed by atoms with Gasteiger partial charge in [0.25, 0.3) is 0 Å². The molecular formula is C18H21F2N3O2S. The van der Waals surface area contributed by atoms with Crippen LogP contribution in [0.2, 0.25) is 0 Å². The molecule has 1 N–H and O–H groups in total. The van der Waals surface area contributed by atoms with Crippen molar-refractivity contribution in [2.45, 2.75) is 24.2 Å². The van der Waals surface area contributed by atoms with Crippen molar-refractivity contribution in [1.29, 1.82) is 0 Å². The zero-order valence-electron chi connectivity index (χ0n) is 14.5. The number of pyridine rings is 1. The molecule has 1 saturated heterocycles. The lowest BCUT2D eigenvalue weighted by Gasteiger charge is -2.33. The predicted molar refractivity (Wildman–Crippen MR) is 95.5 cm³/mol. The number of hydrogen-bond donors (Lipinski definition) is 1. The topological polar surface area (TPSA) is 62.3 Å². The number of nitrogens with one attached hydrogen (secondary N) is 1. The third kappa shape index (κ3) is 4.19. The molecular weight excluding hydrogens is 360 g/mol. The molecule has 0 radical (unpaired) electrons. The highest BCUT2D eigenvalue weighted by Gasteiger charge is 2.21. The van der Waals surface area contributed by atoms with Crippen LogP contribution in [-0.4, -0.2) is 33.5 Å². The summed E-state index contributed by atoms with van der Waals surface area (Å²) in [5.41, 5.74) is 0.808. The third-order valence-electron chi connectivity index (χ3n) is 4.75. The fourth-order valence-corrected chi connectivity index (χ4v) is 3.88. The second-order valence-electron chi connectivity index (χ2n) is 6.44. The minimum Gasteiger partial charge on any atom is -0.357 e. The first-order chi connectivity index (χ1) is 12.4. The summed E-state index contributed by atoms with van der Waals surface area (Å²) in [6.45, 7) is 1.58. The molecule has 0 saturated carbocycles. The Bertz CT molecular complexity index is 865. The van der Waals surface area contributed by atoms with Crippen molar-refractivity contribution in [3.05, 3.63) is 53.7 Å². The molecule has 0 unspecified atom stereocenters. The number of hydrogen-bond acceptors (Lipinski definition) is 4. The first-order valence-electron chi connectivity index (χ1n) is 8.47. The van der Waals surface area contributed by atoms with Crippen molar-refractivity contribution < 1.29 is 17.2 Å². The number of piperidine rings is 1. The number of rotatable bonds is 5. The Labute approximate surface area is 152 Å². The van der Waals surface area contributed by atoms with Gasteiger partial charge in [-0.3, -0.25) is 0 Å². The van der Waals surface area contributed by atoms with Gasteiger partial charge < -0.3 is 4.90 Å². The highest BCUT2D eigenvalue weighted by atomic mass is 32.2. The molecule has 2 heterocycles. The number of benzene rings is 1. The summed E-state index contributed by atoms with van der Waals surface area (Å²) in [6, 6.07) is 7.32. The van der Waals surface area contributed by atoms with Crippen LogP contribution in [0.15, 0.2) is 41.4 Å². The van der Waals surface area contributed by atoms with Crippen LogP contribution in [0.3, 0.4) is 0 Å². The van der Waals surface area contributed by atoms with Crippen molar-refractivity contribution in [2.75, 3.05) is 25.0 Å². The second-order valence-corrected chi connectivity index (χ2v) is 8.33. The summed E-state index contributed by atoms with van der Waals surface area (Å²) in [5.74, 6) is -0.481. The van der Waals surface area contributed by atoms with Crippen molar-refractivity contribution in [3.63, 3.8) is 0 Å². The lowest BCUT2D eigenvalue weighted by Crippen LogP contribution is -2.34. The van der Waals surface area contributed by atoms with Crippen LogP contribution in [-0.2, 0) is 16.4 Å². The fraction of sp³-hybridized carbons (Fsp3) is 0.389. The summed E-state index contributed by atoms with van der Waals surface area (Å²) >= 11 is 0. The van der Waals surface area contributed by atoms with E-state index < -0.39 is 21.7 Å². The van der Waals surface area contributed by atoms with Gasteiger partial charge in [0.05, 0.1) is 0 Å². The molecule has 2 aromatic rings. The van der Waals surface area contributed by atoms with Crippen LogP contribution in [0.1, 0.15) is 18.4 Å². The fourth-order valence-electron chi connectivity index (χ4n) is 3.20. The molecule has 1 fully saturated rings.